The van der Waals surface area contributed by atoms with Crippen LogP contribution >= 0.6 is 15.9 Å². The number of nitrogens with zero attached hydrogens (tertiary/aromatic N) is 2. The molecule has 0 radical (unpaired) electrons. The average molecular weight is 475 g/mol. The van der Waals surface area contributed by atoms with Gasteiger partial charge in [0.25, 0.3) is 5.91 Å². The zero-order chi connectivity index (χ0) is 21.6. The topological polar surface area (TPSA) is 75.5 Å². The van der Waals surface area contributed by atoms with Crippen LogP contribution in [-0.4, -0.2) is 22.6 Å². The Labute approximate surface area is 187 Å². The van der Waals surface area contributed by atoms with Gasteiger partial charge in [0, 0.05) is 38.4 Å². The van der Waals surface area contributed by atoms with E-state index in [1.807, 2.05) is 65.4 Å². The van der Waals surface area contributed by atoms with Gasteiger partial charge >= 0.3 is 0 Å². The zero-order valence-corrected chi connectivity index (χ0v) is 18.0. The Bertz CT molecular complexity index is 1250. The van der Waals surface area contributed by atoms with E-state index in [4.69, 9.17) is 0 Å². The van der Waals surface area contributed by atoms with E-state index in [0.29, 0.717) is 5.56 Å². The predicted molar refractivity (Wildman–Crippen MR) is 126 cm³/mol. The molecule has 6 nitrogen and oxygen atoms in total. The molecule has 4 aromatic rings. The van der Waals surface area contributed by atoms with Crippen LogP contribution < -0.4 is 10.7 Å². The third-order valence-corrected chi connectivity index (χ3v) is 5.20. The Morgan fingerprint density at radius 1 is 0.935 bits per heavy atom. The molecule has 1 aromatic heterocycles. The lowest BCUT2D eigenvalue weighted by Crippen LogP contribution is -2.18. The number of halogens is 1. The first-order chi connectivity index (χ1) is 15.1. The maximum absolute atomic E-state index is 12.5. The normalized spacial score (nSPS) is 11.0. The maximum atomic E-state index is 12.5. The van der Waals surface area contributed by atoms with Gasteiger partial charge in [-0.2, -0.15) is 5.10 Å². The summed E-state index contributed by atoms with van der Waals surface area (Å²) < 4.78 is 2.77. The molecule has 0 saturated heterocycles. The highest BCUT2D eigenvalue weighted by molar-refractivity contribution is 9.10. The second kappa shape index (κ2) is 9.40. The number of fused-ring (bicyclic) bond motifs is 1. The van der Waals surface area contributed by atoms with Gasteiger partial charge in [-0.3, -0.25) is 9.59 Å². The van der Waals surface area contributed by atoms with Crippen molar-refractivity contribution < 1.29 is 9.59 Å². The Morgan fingerprint density at radius 3 is 2.42 bits per heavy atom. The molecule has 0 aliphatic heterocycles. The number of aromatic nitrogens is 1. The Balaban J connectivity index is 1.49. The SMILES string of the molecule is O=C(Cn1cc(C=NNC(=O)c2ccc(Br)cc2)c2ccccc21)Nc1ccccc1. The van der Waals surface area contributed by atoms with Crippen molar-refractivity contribution >= 4 is 50.5 Å². The minimum atomic E-state index is -0.297. The van der Waals surface area contributed by atoms with Crippen molar-refractivity contribution in [3.8, 4) is 0 Å². The quantitative estimate of drug-likeness (QED) is 0.310. The molecule has 31 heavy (non-hydrogen) atoms. The number of anilines is 1. The molecule has 0 fully saturated rings. The summed E-state index contributed by atoms with van der Waals surface area (Å²) in [7, 11) is 0. The summed E-state index contributed by atoms with van der Waals surface area (Å²) in [6.45, 7) is 0.161. The molecule has 0 aliphatic carbocycles. The second-order valence-corrected chi connectivity index (χ2v) is 7.77. The van der Waals surface area contributed by atoms with Crippen LogP contribution in [-0.2, 0) is 11.3 Å². The Morgan fingerprint density at radius 2 is 1.65 bits per heavy atom. The molecule has 0 unspecified atom stereocenters. The fourth-order valence-electron chi connectivity index (χ4n) is 3.21. The molecule has 0 spiro atoms. The van der Waals surface area contributed by atoms with Crippen molar-refractivity contribution in [1.82, 2.24) is 9.99 Å². The number of para-hydroxylation sites is 2. The summed E-state index contributed by atoms with van der Waals surface area (Å²) in [5.74, 6) is -0.422. The number of nitrogens with one attached hydrogen (secondary N) is 2. The van der Waals surface area contributed by atoms with Crippen molar-refractivity contribution in [2.75, 3.05) is 5.32 Å². The van der Waals surface area contributed by atoms with E-state index in [1.165, 1.54) is 0 Å². The van der Waals surface area contributed by atoms with Crippen LogP contribution in [0.25, 0.3) is 10.9 Å². The number of carbonyl (C=O) groups is 2. The summed E-state index contributed by atoms with van der Waals surface area (Å²) >= 11 is 3.35. The summed E-state index contributed by atoms with van der Waals surface area (Å²) in [6.07, 6.45) is 3.44. The monoisotopic (exact) mass is 474 g/mol. The number of hydrogen-bond donors (Lipinski definition) is 2. The first kappa shape index (κ1) is 20.6. The lowest BCUT2D eigenvalue weighted by atomic mass is 10.2. The predicted octanol–water partition coefficient (Wildman–Crippen LogP) is 4.81. The van der Waals surface area contributed by atoms with Gasteiger partial charge in [0.15, 0.2) is 0 Å². The molecule has 3 aromatic carbocycles. The molecule has 0 atom stereocenters. The van der Waals surface area contributed by atoms with Gasteiger partial charge in [-0.25, -0.2) is 5.43 Å². The molecule has 7 heteroatoms. The molecule has 2 amide bonds. The fraction of sp³-hybridized carbons (Fsp3) is 0.0417. The van der Waals surface area contributed by atoms with Crippen LogP contribution in [0.4, 0.5) is 5.69 Å². The zero-order valence-electron chi connectivity index (χ0n) is 16.5. The minimum absolute atomic E-state index is 0.126. The third kappa shape index (κ3) is 5.07. The fourth-order valence-corrected chi connectivity index (χ4v) is 3.48. The molecular weight excluding hydrogens is 456 g/mol. The summed E-state index contributed by atoms with van der Waals surface area (Å²) in [6, 6.07) is 24.1. The molecule has 4 rings (SSSR count). The van der Waals surface area contributed by atoms with E-state index < -0.39 is 0 Å². The van der Waals surface area contributed by atoms with Gasteiger partial charge in [0.1, 0.15) is 6.54 Å². The van der Waals surface area contributed by atoms with E-state index in [-0.39, 0.29) is 18.4 Å². The van der Waals surface area contributed by atoms with E-state index >= 15 is 0 Å². The molecular formula is C24H19BrN4O2. The van der Waals surface area contributed by atoms with Gasteiger partial charge in [-0.05, 0) is 42.5 Å². The molecule has 0 saturated carbocycles. The number of rotatable bonds is 6. The first-order valence-corrected chi connectivity index (χ1v) is 10.4. The Hall–Kier alpha value is -3.71. The van der Waals surface area contributed by atoms with Gasteiger partial charge in [0.05, 0.1) is 6.21 Å². The molecule has 154 valence electrons. The maximum Gasteiger partial charge on any atom is 0.271 e. The van der Waals surface area contributed by atoms with Crippen molar-refractivity contribution in [3.63, 3.8) is 0 Å². The number of benzene rings is 3. The van der Waals surface area contributed by atoms with Crippen LogP contribution in [0, 0.1) is 0 Å². The average Bonchev–Trinajstić information content (AvgIpc) is 3.12. The van der Waals surface area contributed by atoms with E-state index in [2.05, 4.69) is 31.8 Å². The number of carbonyl (C=O) groups excluding carboxylic acids is 2. The highest BCUT2D eigenvalue weighted by Crippen LogP contribution is 2.20. The first-order valence-electron chi connectivity index (χ1n) is 9.62. The van der Waals surface area contributed by atoms with Crippen molar-refractivity contribution in [2.45, 2.75) is 6.54 Å². The summed E-state index contributed by atoms with van der Waals surface area (Å²) in [4.78, 5) is 24.7. The third-order valence-electron chi connectivity index (χ3n) is 4.67. The molecule has 2 N–H and O–H groups in total. The smallest absolute Gasteiger partial charge is 0.271 e. The molecule has 1 heterocycles. The van der Waals surface area contributed by atoms with Gasteiger partial charge < -0.3 is 9.88 Å². The van der Waals surface area contributed by atoms with Gasteiger partial charge in [0.2, 0.25) is 5.91 Å². The van der Waals surface area contributed by atoms with Crippen LogP contribution in [0.15, 0.2) is 94.6 Å². The van der Waals surface area contributed by atoms with Crippen LogP contribution in [0.3, 0.4) is 0 Å². The van der Waals surface area contributed by atoms with E-state index in [9.17, 15) is 9.59 Å². The molecule has 0 aliphatic rings. The van der Waals surface area contributed by atoms with Crippen molar-refractivity contribution in [1.29, 1.82) is 0 Å². The highest BCUT2D eigenvalue weighted by atomic mass is 79.9. The number of hydrogen-bond acceptors (Lipinski definition) is 3. The van der Waals surface area contributed by atoms with E-state index in [1.54, 1.807) is 30.5 Å². The lowest BCUT2D eigenvalue weighted by molar-refractivity contribution is -0.116. The van der Waals surface area contributed by atoms with E-state index in [0.717, 1.165) is 26.6 Å². The van der Waals surface area contributed by atoms with Crippen molar-refractivity contribution in [2.24, 2.45) is 5.10 Å². The second-order valence-electron chi connectivity index (χ2n) is 6.85. The minimum Gasteiger partial charge on any atom is -0.337 e. The number of amides is 2. The Kier molecular flexibility index (Phi) is 6.24. The van der Waals surface area contributed by atoms with Crippen LogP contribution in [0.5, 0.6) is 0 Å². The summed E-state index contributed by atoms with van der Waals surface area (Å²) in [5, 5.41) is 7.93. The van der Waals surface area contributed by atoms with Crippen molar-refractivity contribution in [3.05, 3.63) is 101 Å². The molecule has 0 bridgehead atoms. The number of hydrazone groups is 1. The largest absolute Gasteiger partial charge is 0.337 e. The lowest BCUT2D eigenvalue weighted by Gasteiger charge is -2.07. The van der Waals surface area contributed by atoms with Gasteiger partial charge in [-0.1, -0.05) is 52.3 Å². The summed E-state index contributed by atoms with van der Waals surface area (Å²) in [5.41, 5.74) is 5.52. The van der Waals surface area contributed by atoms with Crippen LogP contribution in [0.2, 0.25) is 0 Å². The highest BCUT2D eigenvalue weighted by Gasteiger charge is 2.10. The van der Waals surface area contributed by atoms with Crippen LogP contribution in [0.1, 0.15) is 15.9 Å². The standard InChI is InChI=1S/C24H19BrN4O2/c25-19-12-10-17(11-13-19)24(31)28-26-14-18-15-29(22-9-5-4-8-21(18)22)16-23(30)27-20-6-2-1-3-7-20/h1-15H,16H2,(H,27,30)(H,28,31). The van der Waals surface area contributed by atoms with Gasteiger partial charge in [-0.15, -0.1) is 0 Å².